The lowest BCUT2D eigenvalue weighted by atomic mass is 9.86. The van der Waals surface area contributed by atoms with Crippen LogP contribution in [0.3, 0.4) is 0 Å². The molecule has 1 amide bonds. The highest BCUT2D eigenvalue weighted by Gasteiger charge is 2.40. The van der Waals surface area contributed by atoms with Gasteiger partial charge in [-0.1, -0.05) is 12.5 Å². The van der Waals surface area contributed by atoms with Crippen LogP contribution in [0.15, 0.2) is 29.2 Å². The van der Waals surface area contributed by atoms with Crippen molar-refractivity contribution in [3.63, 3.8) is 0 Å². The summed E-state index contributed by atoms with van der Waals surface area (Å²) in [5, 5.41) is 2.66. The topological polar surface area (TPSA) is 102 Å². The van der Waals surface area contributed by atoms with Gasteiger partial charge in [0, 0.05) is 25.2 Å². The minimum absolute atomic E-state index is 0.105. The Morgan fingerprint density at radius 3 is 2.68 bits per heavy atom. The van der Waals surface area contributed by atoms with Crippen LogP contribution in [0.5, 0.6) is 0 Å². The van der Waals surface area contributed by atoms with Gasteiger partial charge in [-0.2, -0.15) is 4.31 Å². The Labute approximate surface area is 183 Å². The minimum atomic E-state index is -3.66. The van der Waals surface area contributed by atoms with Gasteiger partial charge in [-0.3, -0.25) is 9.59 Å². The lowest BCUT2D eigenvalue weighted by Gasteiger charge is -2.26. The first-order valence-corrected chi connectivity index (χ1v) is 12.4. The number of morpholine rings is 1. The van der Waals surface area contributed by atoms with Gasteiger partial charge in [0.1, 0.15) is 0 Å². The van der Waals surface area contributed by atoms with Crippen LogP contribution >= 0.6 is 0 Å². The number of fused-ring (bicyclic) bond motifs is 2. The van der Waals surface area contributed by atoms with Crippen LogP contribution in [0.2, 0.25) is 0 Å². The lowest BCUT2D eigenvalue weighted by molar-refractivity contribution is -0.154. The van der Waals surface area contributed by atoms with E-state index in [1.165, 1.54) is 42.6 Å². The summed E-state index contributed by atoms with van der Waals surface area (Å²) < 4.78 is 37.6. The Morgan fingerprint density at radius 1 is 1.23 bits per heavy atom. The molecule has 170 valence electrons. The normalized spacial score (nSPS) is 27.1. The standard InChI is InChI=1S/C22H30N2O6S/c1-15(30-21(25)13-18-12-16-5-6-17(18)11-16)22(26)23-19-3-2-4-20(14-19)31(27,28)24-7-9-29-10-8-24/h2-4,14-18H,5-13H2,1H3,(H,23,26)/t15-,16-,17-,18+/m1/s1. The number of hydrogen-bond acceptors (Lipinski definition) is 6. The first-order valence-electron chi connectivity index (χ1n) is 11.0. The molecule has 31 heavy (non-hydrogen) atoms. The molecule has 9 heteroatoms. The molecule has 2 saturated carbocycles. The summed E-state index contributed by atoms with van der Waals surface area (Å²) in [6, 6.07) is 6.11. The molecule has 1 aliphatic heterocycles. The number of esters is 1. The number of amides is 1. The SMILES string of the molecule is C[C@@H](OC(=O)C[C@@H]1C[C@@H]2CC[C@@H]1C2)C(=O)Nc1cccc(S(=O)(=O)N2CCOCC2)c1. The molecule has 1 N–H and O–H groups in total. The molecule has 0 radical (unpaired) electrons. The molecule has 1 heterocycles. The van der Waals surface area contributed by atoms with E-state index in [0.29, 0.717) is 50.2 Å². The second-order valence-corrected chi connectivity index (χ2v) is 10.7. The van der Waals surface area contributed by atoms with Gasteiger partial charge in [-0.05, 0) is 62.1 Å². The van der Waals surface area contributed by atoms with Crippen molar-refractivity contribution in [2.24, 2.45) is 17.8 Å². The van der Waals surface area contributed by atoms with Crippen LogP contribution in [-0.4, -0.2) is 57.0 Å². The van der Waals surface area contributed by atoms with Crippen LogP contribution in [-0.2, 0) is 29.1 Å². The molecule has 1 saturated heterocycles. The van der Waals surface area contributed by atoms with Crippen molar-refractivity contribution in [1.29, 1.82) is 0 Å². The van der Waals surface area contributed by atoms with Gasteiger partial charge in [0.2, 0.25) is 10.0 Å². The maximum absolute atomic E-state index is 12.8. The highest BCUT2D eigenvalue weighted by atomic mass is 32.2. The molecule has 0 unspecified atom stereocenters. The average molecular weight is 451 g/mol. The molecule has 0 aromatic heterocycles. The van der Waals surface area contributed by atoms with E-state index < -0.39 is 22.0 Å². The molecular formula is C22H30N2O6S. The van der Waals surface area contributed by atoms with E-state index in [2.05, 4.69) is 5.32 Å². The van der Waals surface area contributed by atoms with Crippen LogP contribution in [0.25, 0.3) is 0 Å². The molecule has 3 fully saturated rings. The molecule has 2 bridgehead atoms. The molecule has 2 aliphatic carbocycles. The number of carbonyl (C=O) groups excluding carboxylic acids is 2. The van der Waals surface area contributed by atoms with Gasteiger partial charge < -0.3 is 14.8 Å². The van der Waals surface area contributed by atoms with Crippen molar-refractivity contribution >= 4 is 27.6 Å². The fraction of sp³-hybridized carbons (Fsp3) is 0.636. The van der Waals surface area contributed by atoms with Crippen LogP contribution in [0, 0.1) is 17.8 Å². The third-order valence-corrected chi connectivity index (χ3v) is 8.59. The Bertz CT molecular complexity index is 928. The van der Waals surface area contributed by atoms with Gasteiger partial charge in [0.15, 0.2) is 6.10 Å². The monoisotopic (exact) mass is 450 g/mol. The maximum atomic E-state index is 12.8. The van der Waals surface area contributed by atoms with Crippen LogP contribution in [0.4, 0.5) is 5.69 Å². The van der Waals surface area contributed by atoms with Crippen molar-refractivity contribution in [3.8, 4) is 0 Å². The largest absolute Gasteiger partial charge is 0.453 e. The number of anilines is 1. The second-order valence-electron chi connectivity index (χ2n) is 8.80. The van der Waals surface area contributed by atoms with Crippen LogP contribution < -0.4 is 5.32 Å². The maximum Gasteiger partial charge on any atom is 0.306 e. The highest BCUT2D eigenvalue weighted by Crippen LogP contribution is 2.49. The molecule has 1 aromatic carbocycles. The van der Waals surface area contributed by atoms with Gasteiger partial charge in [-0.25, -0.2) is 8.42 Å². The summed E-state index contributed by atoms with van der Waals surface area (Å²) in [7, 11) is -3.66. The van der Waals surface area contributed by atoms with Gasteiger partial charge in [0.05, 0.1) is 18.1 Å². The Hall–Kier alpha value is -1.97. The van der Waals surface area contributed by atoms with Crippen molar-refractivity contribution < 1.29 is 27.5 Å². The van der Waals surface area contributed by atoms with Crippen molar-refractivity contribution in [3.05, 3.63) is 24.3 Å². The Balaban J connectivity index is 1.32. The zero-order valence-corrected chi connectivity index (χ0v) is 18.6. The molecule has 3 aliphatic rings. The first-order chi connectivity index (χ1) is 14.8. The third-order valence-electron chi connectivity index (χ3n) is 6.70. The Morgan fingerprint density at radius 2 is 2.00 bits per heavy atom. The number of nitrogens with one attached hydrogen (secondary N) is 1. The number of hydrogen-bond donors (Lipinski definition) is 1. The van der Waals surface area contributed by atoms with E-state index in [1.54, 1.807) is 12.1 Å². The molecular weight excluding hydrogens is 420 g/mol. The highest BCUT2D eigenvalue weighted by molar-refractivity contribution is 7.89. The summed E-state index contributed by atoms with van der Waals surface area (Å²) in [6.45, 7) is 2.85. The van der Waals surface area contributed by atoms with E-state index in [-0.39, 0.29) is 10.9 Å². The Kier molecular flexibility index (Phi) is 6.64. The molecule has 1 aromatic rings. The summed E-state index contributed by atoms with van der Waals surface area (Å²) in [5.74, 6) is 0.928. The predicted molar refractivity (Wildman–Crippen MR) is 114 cm³/mol. The van der Waals surface area contributed by atoms with E-state index in [0.717, 1.165) is 12.3 Å². The number of nitrogens with zero attached hydrogens (tertiary/aromatic N) is 1. The molecule has 4 atom stereocenters. The first kappa shape index (κ1) is 22.2. The smallest absolute Gasteiger partial charge is 0.306 e. The van der Waals surface area contributed by atoms with Crippen LogP contribution in [0.1, 0.15) is 39.0 Å². The summed E-state index contributed by atoms with van der Waals surface area (Å²) in [5.41, 5.74) is 0.343. The minimum Gasteiger partial charge on any atom is -0.453 e. The molecule has 8 nitrogen and oxygen atoms in total. The van der Waals surface area contributed by atoms with Gasteiger partial charge in [-0.15, -0.1) is 0 Å². The van der Waals surface area contributed by atoms with Crippen molar-refractivity contribution in [2.45, 2.75) is 50.0 Å². The third kappa shape index (κ3) is 5.10. The molecule has 0 spiro atoms. The number of ether oxygens (including phenoxy) is 2. The number of rotatable bonds is 7. The number of benzene rings is 1. The van der Waals surface area contributed by atoms with E-state index in [9.17, 15) is 18.0 Å². The van der Waals surface area contributed by atoms with E-state index in [4.69, 9.17) is 9.47 Å². The zero-order valence-electron chi connectivity index (χ0n) is 17.8. The van der Waals surface area contributed by atoms with Crippen molar-refractivity contribution in [2.75, 3.05) is 31.6 Å². The molecule has 4 rings (SSSR count). The quantitative estimate of drug-likeness (QED) is 0.640. The number of carbonyl (C=O) groups is 2. The van der Waals surface area contributed by atoms with Gasteiger partial charge in [0.25, 0.3) is 5.91 Å². The predicted octanol–water partition coefficient (Wildman–Crippen LogP) is 2.40. The lowest BCUT2D eigenvalue weighted by Crippen LogP contribution is -2.40. The summed E-state index contributed by atoms with van der Waals surface area (Å²) >= 11 is 0. The second kappa shape index (κ2) is 9.26. The van der Waals surface area contributed by atoms with E-state index in [1.807, 2.05) is 0 Å². The zero-order chi connectivity index (χ0) is 22.0. The average Bonchev–Trinajstić information content (AvgIpc) is 3.37. The number of sulfonamides is 1. The summed E-state index contributed by atoms with van der Waals surface area (Å²) in [4.78, 5) is 24.9. The fourth-order valence-electron chi connectivity index (χ4n) is 5.05. The van der Waals surface area contributed by atoms with E-state index >= 15 is 0 Å². The van der Waals surface area contributed by atoms with Gasteiger partial charge >= 0.3 is 5.97 Å². The summed E-state index contributed by atoms with van der Waals surface area (Å²) in [6.07, 6.45) is 4.19. The van der Waals surface area contributed by atoms with Crippen molar-refractivity contribution in [1.82, 2.24) is 4.31 Å². The fourth-order valence-corrected chi connectivity index (χ4v) is 6.51.